The summed E-state index contributed by atoms with van der Waals surface area (Å²) < 4.78 is 3.46. The zero-order chi connectivity index (χ0) is 12.9. The molecule has 3 rings (SSSR count). The molecule has 0 aliphatic carbocycles. The van der Waals surface area contributed by atoms with Crippen LogP contribution in [0, 0.1) is 11.3 Å². The van der Waals surface area contributed by atoms with Crippen molar-refractivity contribution in [2.75, 3.05) is 0 Å². The molecule has 0 atom stereocenters. The van der Waals surface area contributed by atoms with Crippen LogP contribution in [-0.4, -0.2) is 4.57 Å². The summed E-state index contributed by atoms with van der Waals surface area (Å²) in [5.74, 6) is 0. The number of aryl methyl sites for hydroxylation is 2. The molecule has 18 heavy (non-hydrogen) atoms. The quantitative estimate of drug-likeness (QED) is 0.778. The predicted molar refractivity (Wildman–Crippen MR) is 76.6 cm³/mol. The van der Waals surface area contributed by atoms with Crippen molar-refractivity contribution in [2.45, 2.75) is 38.6 Å². The molecule has 1 aliphatic rings. The van der Waals surface area contributed by atoms with Gasteiger partial charge in [-0.2, -0.15) is 5.26 Å². The number of hydrogen-bond donors (Lipinski definition) is 0. The Morgan fingerprint density at radius 1 is 1.39 bits per heavy atom. The van der Waals surface area contributed by atoms with Gasteiger partial charge < -0.3 is 4.57 Å². The highest BCUT2D eigenvalue weighted by Gasteiger charge is 2.24. The van der Waals surface area contributed by atoms with Crippen LogP contribution in [0.4, 0.5) is 0 Å². The average molecular weight is 303 g/mol. The van der Waals surface area contributed by atoms with Crippen molar-refractivity contribution in [1.29, 1.82) is 5.26 Å². The van der Waals surface area contributed by atoms with Crippen LogP contribution in [0.15, 0.2) is 22.8 Å². The third-order valence-electron chi connectivity index (χ3n) is 3.85. The molecule has 0 amide bonds. The summed E-state index contributed by atoms with van der Waals surface area (Å²) in [7, 11) is 0. The molecule has 0 N–H and O–H groups in total. The molecule has 3 heteroatoms. The highest BCUT2D eigenvalue weighted by molar-refractivity contribution is 9.10. The van der Waals surface area contributed by atoms with E-state index in [4.69, 9.17) is 0 Å². The summed E-state index contributed by atoms with van der Waals surface area (Å²) in [6.07, 6.45) is 4.46. The van der Waals surface area contributed by atoms with Crippen molar-refractivity contribution in [2.24, 2.45) is 0 Å². The van der Waals surface area contributed by atoms with E-state index in [1.165, 1.54) is 22.9 Å². The Balaban J connectivity index is 2.35. The highest BCUT2D eigenvalue weighted by Crippen LogP contribution is 2.36. The molecule has 92 valence electrons. The first-order valence-corrected chi connectivity index (χ1v) is 7.05. The Bertz CT molecular complexity index is 674. The number of hydrogen-bond acceptors (Lipinski definition) is 1. The van der Waals surface area contributed by atoms with E-state index in [2.05, 4.69) is 44.9 Å². The summed E-state index contributed by atoms with van der Waals surface area (Å²) in [6.45, 7) is 5.05. The van der Waals surface area contributed by atoms with Gasteiger partial charge >= 0.3 is 0 Å². The van der Waals surface area contributed by atoms with Crippen LogP contribution in [0.3, 0.4) is 0 Å². The van der Waals surface area contributed by atoms with E-state index in [9.17, 15) is 5.26 Å². The fourth-order valence-electron chi connectivity index (χ4n) is 2.72. The smallest absolute Gasteiger partial charge is 0.0766 e. The van der Waals surface area contributed by atoms with Gasteiger partial charge in [0.1, 0.15) is 0 Å². The Hall–Kier alpha value is -1.27. The number of nitriles is 1. The van der Waals surface area contributed by atoms with Crippen LogP contribution in [0.1, 0.15) is 31.4 Å². The first-order valence-electron chi connectivity index (χ1n) is 6.26. The van der Waals surface area contributed by atoms with Gasteiger partial charge in [0.25, 0.3) is 0 Å². The van der Waals surface area contributed by atoms with E-state index in [0.717, 1.165) is 23.0 Å². The third-order valence-corrected chi connectivity index (χ3v) is 4.48. The van der Waals surface area contributed by atoms with Gasteiger partial charge in [-0.1, -0.05) is 6.07 Å². The number of halogens is 1. The number of rotatable bonds is 1. The largest absolute Gasteiger partial charge is 0.346 e. The summed E-state index contributed by atoms with van der Waals surface area (Å²) in [4.78, 5) is 0. The summed E-state index contributed by atoms with van der Waals surface area (Å²) in [6, 6.07) is 6.77. The molecule has 1 aliphatic heterocycles. The zero-order valence-electron chi connectivity index (χ0n) is 10.6. The van der Waals surface area contributed by atoms with Crippen molar-refractivity contribution < 1.29 is 0 Å². The predicted octanol–water partition coefficient (Wildman–Crippen LogP) is 4.15. The molecule has 0 saturated heterocycles. The number of aromatic nitrogens is 1. The molecule has 2 nitrogen and oxygen atoms in total. The summed E-state index contributed by atoms with van der Waals surface area (Å²) in [5.41, 5.74) is 3.41. The van der Waals surface area contributed by atoms with Gasteiger partial charge in [0, 0.05) is 22.6 Å². The lowest BCUT2D eigenvalue weighted by atomic mass is 9.84. The topological polar surface area (TPSA) is 28.7 Å². The van der Waals surface area contributed by atoms with E-state index in [0.29, 0.717) is 0 Å². The molecule has 0 spiro atoms. The third kappa shape index (κ3) is 1.59. The van der Waals surface area contributed by atoms with Crippen molar-refractivity contribution >= 4 is 26.8 Å². The molecule has 1 aromatic carbocycles. The Morgan fingerprint density at radius 2 is 2.17 bits per heavy atom. The summed E-state index contributed by atoms with van der Waals surface area (Å²) >= 11 is 3.64. The normalized spacial score (nSPS) is 14.8. The lowest BCUT2D eigenvalue weighted by Gasteiger charge is -2.21. The van der Waals surface area contributed by atoms with Crippen LogP contribution >= 0.6 is 15.9 Å². The second kappa shape index (κ2) is 3.86. The maximum Gasteiger partial charge on any atom is 0.0766 e. The average Bonchev–Trinajstić information content (AvgIpc) is 2.68. The van der Waals surface area contributed by atoms with Gasteiger partial charge in [-0.25, -0.2) is 0 Å². The van der Waals surface area contributed by atoms with Gasteiger partial charge in [0.2, 0.25) is 0 Å². The molecule has 0 unspecified atom stereocenters. The first kappa shape index (κ1) is 11.8. The minimum atomic E-state index is -0.427. The lowest BCUT2D eigenvalue weighted by Crippen LogP contribution is -2.15. The van der Waals surface area contributed by atoms with Crippen LogP contribution in [0.5, 0.6) is 0 Å². The van der Waals surface area contributed by atoms with E-state index < -0.39 is 5.41 Å². The highest BCUT2D eigenvalue weighted by atomic mass is 79.9. The molecular formula is C15H15BrN2. The van der Waals surface area contributed by atoms with Crippen molar-refractivity contribution in [3.63, 3.8) is 0 Å². The first-order chi connectivity index (χ1) is 8.53. The molecule has 2 aromatic rings. The number of benzene rings is 1. The van der Waals surface area contributed by atoms with Crippen LogP contribution in [-0.2, 0) is 18.4 Å². The van der Waals surface area contributed by atoms with Crippen molar-refractivity contribution in [3.8, 4) is 6.07 Å². The molecule has 1 aromatic heterocycles. The van der Waals surface area contributed by atoms with Gasteiger partial charge in [0.05, 0.1) is 17.0 Å². The van der Waals surface area contributed by atoms with Gasteiger partial charge in [-0.15, -0.1) is 0 Å². The van der Waals surface area contributed by atoms with E-state index in [1.54, 1.807) is 0 Å². The number of nitrogens with zero attached hydrogens (tertiary/aromatic N) is 2. The molecule has 0 fully saturated rings. The SMILES string of the molecule is CC(C)(C#N)c1cc2c3c(c1)c(Br)cn3CCC2. The van der Waals surface area contributed by atoms with Crippen LogP contribution < -0.4 is 0 Å². The fourth-order valence-corrected chi connectivity index (χ4v) is 3.27. The van der Waals surface area contributed by atoms with E-state index in [1.807, 2.05) is 13.8 Å². The Morgan fingerprint density at radius 3 is 2.89 bits per heavy atom. The molecular weight excluding hydrogens is 288 g/mol. The van der Waals surface area contributed by atoms with E-state index >= 15 is 0 Å². The molecule has 2 heterocycles. The van der Waals surface area contributed by atoms with Gasteiger partial charge in [-0.05, 0) is 59.8 Å². The molecule has 0 radical (unpaired) electrons. The second-order valence-corrected chi connectivity index (χ2v) is 6.40. The zero-order valence-corrected chi connectivity index (χ0v) is 12.2. The minimum absolute atomic E-state index is 0.427. The van der Waals surface area contributed by atoms with Crippen LogP contribution in [0.25, 0.3) is 10.9 Å². The molecule has 0 bridgehead atoms. The van der Waals surface area contributed by atoms with Gasteiger partial charge in [0.15, 0.2) is 0 Å². The van der Waals surface area contributed by atoms with Crippen molar-refractivity contribution in [1.82, 2.24) is 4.57 Å². The van der Waals surface area contributed by atoms with Crippen LogP contribution in [0.2, 0.25) is 0 Å². The Kier molecular flexibility index (Phi) is 2.53. The maximum absolute atomic E-state index is 9.30. The van der Waals surface area contributed by atoms with E-state index in [-0.39, 0.29) is 0 Å². The lowest BCUT2D eigenvalue weighted by molar-refractivity contribution is 0.631. The standard InChI is InChI=1S/C15H15BrN2/c1-15(2,9-17)11-6-10-4-3-5-18-8-13(16)12(7-11)14(10)18/h6-8H,3-5H2,1-2H3. The van der Waals surface area contributed by atoms with Gasteiger partial charge in [-0.3, -0.25) is 0 Å². The Labute approximate surface area is 115 Å². The molecule has 0 saturated carbocycles. The monoisotopic (exact) mass is 302 g/mol. The maximum atomic E-state index is 9.30. The second-order valence-electron chi connectivity index (χ2n) is 5.54. The van der Waals surface area contributed by atoms with Crippen molar-refractivity contribution in [3.05, 3.63) is 33.9 Å². The fraction of sp³-hybridized carbons (Fsp3) is 0.400. The summed E-state index contributed by atoms with van der Waals surface area (Å²) in [5, 5.41) is 10.5. The minimum Gasteiger partial charge on any atom is -0.346 e.